The molecule has 0 saturated carbocycles. The third kappa shape index (κ3) is 2.85. The fraction of sp³-hybridized carbons (Fsp3) is 0.353. The molecule has 4 nitrogen and oxygen atoms in total. The van der Waals surface area contributed by atoms with Crippen molar-refractivity contribution in [2.45, 2.75) is 13.8 Å². The fourth-order valence-corrected chi connectivity index (χ4v) is 2.70. The molecule has 0 radical (unpaired) electrons. The number of phenols is 1. The van der Waals surface area contributed by atoms with E-state index in [1.165, 1.54) is 0 Å². The summed E-state index contributed by atoms with van der Waals surface area (Å²) in [7, 11) is 0. The van der Waals surface area contributed by atoms with Gasteiger partial charge in [-0.15, -0.1) is 0 Å². The Labute approximate surface area is 125 Å². The van der Waals surface area contributed by atoms with Crippen molar-refractivity contribution in [3.05, 3.63) is 41.6 Å². The molecule has 4 heteroatoms. The predicted molar refractivity (Wildman–Crippen MR) is 83.8 cm³/mol. The number of benzene rings is 1. The summed E-state index contributed by atoms with van der Waals surface area (Å²) in [5.74, 6) is 1.30. The first kappa shape index (κ1) is 13.9. The van der Waals surface area contributed by atoms with E-state index in [1.807, 2.05) is 25.3 Å². The molecule has 1 aliphatic rings. The van der Waals surface area contributed by atoms with Gasteiger partial charge in [-0.3, -0.25) is 0 Å². The highest BCUT2D eigenvalue weighted by Gasteiger charge is 2.15. The number of phenolic OH excluding ortho intramolecular Hbond substituents is 1. The standard InChI is InChI=1S/C17H20N2O2/c1-12-3-4-16(20)15(9-12)14-10-13(2)17(18-11-14)19-5-7-21-8-6-19/h3-4,9-11,20H,5-8H2,1-2H3. The molecule has 1 aromatic heterocycles. The van der Waals surface area contributed by atoms with Gasteiger partial charge in [0.2, 0.25) is 0 Å². The quantitative estimate of drug-likeness (QED) is 0.921. The molecule has 0 unspecified atom stereocenters. The SMILES string of the molecule is Cc1ccc(O)c(-c2cnc(N3CCOCC3)c(C)c2)c1. The molecule has 0 bridgehead atoms. The first-order chi connectivity index (χ1) is 10.1. The van der Waals surface area contributed by atoms with Gasteiger partial charge in [0.25, 0.3) is 0 Å². The number of hydrogen-bond donors (Lipinski definition) is 1. The van der Waals surface area contributed by atoms with E-state index in [0.29, 0.717) is 5.75 Å². The zero-order valence-electron chi connectivity index (χ0n) is 12.5. The number of pyridine rings is 1. The molecule has 0 amide bonds. The maximum absolute atomic E-state index is 10.0. The van der Waals surface area contributed by atoms with Crippen LogP contribution in [0.5, 0.6) is 5.75 Å². The van der Waals surface area contributed by atoms with Gasteiger partial charge in [0, 0.05) is 30.4 Å². The van der Waals surface area contributed by atoms with E-state index < -0.39 is 0 Å². The Morgan fingerprint density at radius 3 is 2.62 bits per heavy atom. The normalized spacial score (nSPS) is 15.2. The number of aromatic nitrogens is 1. The highest BCUT2D eigenvalue weighted by Crippen LogP contribution is 2.31. The monoisotopic (exact) mass is 284 g/mol. The van der Waals surface area contributed by atoms with Crippen LogP contribution in [0.15, 0.2) is 30.5 Å². The third-order valence-corrected chi connectivity index (χ3v) is 3.82. The Morgan fingerprint density at radius 2 is 1.90 bits per heavy atom. The smallest absolute Gasteiger partial charge is 0.131 e. The second-order valence-corrected chi connectivity index (χ2v) is 5.48. The van der Waals surface area contributed by atoms with Gasteiger partial charge in [0.05, 0.1) is 13.2 Å². The number of anilines is 1. The van der Waals surface area contributed by atoms with E-state index in [-0.39, 0.29) is 0 Å². The minimum atomic E-state index is 0.293. The topological polar surface area (TPSA) is 45.6 Å². The molecule has 1 aromatic carbocycles. The maximum atomic E-state index is 10.0. The summed E-state index contributed by atoms with van der Waals surface area (Å²) < 4.78 is 5.38. The minimum absolute atomic E-state index is 0.293. The summed E-state index contributed by atoms with van der Waals surface area (Å²) in [4.78, 5) is 6.86. The van der Waals surface area contributed by atoms with Crippen LogP contribution >= 0.6 is 0 Å². The lowest BCUT2D eigenvalue weighted by atomic mass is 10.0. The van der Waals surface area contributed by atoms with Crippen molar-refractivity contribution in [2.24, 2.45) is 0 Å². The lowest BCUT2D eigenvalue weighted by molar-refractivity contribution is 0.122. The van der Waals surface area contributed by atoms with Gasteiger partial charge in [-0.05, 0) is 37.6 Å². The molecular formula is C17H20N2O2. The van der Waals surface area contributed by atoms with Gasteiger partial charge in [0.1, 0.15) is 11.6 Å². The number of hydrogen-bond acceptors (Lipinski definition) is 4. The summed E-state index contributed by atoms with van der Waals surface area (Å²) in [5, 5.41) is 10.0. The van der Waals surface area contributed by atoms with Crippen molar-refractivity contribution in [2.75, 3.05) is 31.2 Å². The highest BCUT2D eigenvalue weighted by molar-refractivity contribution is 5.72. The van der Waals surface area contributed by atoms with Crippen LogP contribution in [0.25, 0.3) is 11.1 Å². The largest absolute Gasteiger partial charge is 0.507 e. The Bertz CT molecular complexity index is 649. The second kappa shape index (κ2) is 5.74. The molecule has 0 atom stereocenters. The Kier molecular flexibility index (Phi) is 3.80. The number of morpholine rings is 1. The fourth-order valence-electron chi connectivity index (χ4n) is 2.70. The van der Waals surface area contributed by atoms with E-state index in [0.717, 1.165) is 54.4 Å². The number of ether oxygens (including phenoxy) is 1. The lowest BCUT2D eigenvalue weighted by Crippen LogP contribution is -2.37. The van der Waals surface area contributed by atoms with Gasteiger partial charge in [0.15, 0.2) is 0 Å². The van der Waals surface area contributed by atoms with Crippen LogP contribution in [0.1, 0.15) is 11.1 Å². The molecule has 2 heterocycles. The van der Waals surface area contributed by atoms with Crippen LogP contribution in [-0.4, -0.2) is 36.4 Å². The number of aryl methyl sites for hydroxylation is 2. The number of rotatable bonds is 2. The van der Waals surface area contributed by atoms with Crippen LogP contribution in [0, 0.1) is 13.8 Å². The van der Waals surface area contributed by atoms with Gasteiger partial charge in [-0.25, -0.2) is 4.98 Å². The first-order valence-electron chi connectivity index (χ1n) is 7.24. The number of nitrogens with zero attached hydrogens (tertiary/aromatic N) is 2. The zero-order chi connectivity index (χ0) is 14.8. The van der Waals surface area contributed by atoms with E-state index in [9.17, 15) is 5.11 Å². The van der Waals surface area contributed by atoms with Crippen molar-refractivity contribution >= 4 is 5.82 Å². The van der Waals surface area contributed by atoms with Crippen LogP contribution in [0.4, 0.5) is 5.82 Å². The highest BCUT2D eigenvalue weighted by atomic mass is 16.5. The van der Waals surface area contributed by atoms with Gasteiger partial charge < -0.3 is 14.7 Å². The molecule has 3 rings (SSSR count). The molecule has 21 heavy (non-hydrogen) atoms. The average Bonchev–Trinajstić information content (AvgIpc) is 2.50. The van der Waals surface area contributed by atoms with Gasteiger partial charge in [-0.2, -0.15) is 0 Å². The summed E-state index contributed by atoms with van der Waals surface area (Å²) in [6.45, 7) is 7.34. The maximum Gasteiger partial charge on any atom is 0.131 e. The van der Waals surface area contributed by atoms with E-state index in [1.54, 1.807) is 6.07 Å². The summed E-state index contributed by atoms with van der Waals surface area (Å²) in [6, 6.07) is 7.71. The Morgan fingerprint density at radius 1 is 1.14 bits per heavy atom. The van der Waals surface area contributed by atoms with Gasteiger partial charge in [-0.1, -0.05) is 11.6 Å². The van der Waals surface area contributed by atoms with Crippen molar-refractivity contribution in [3.8, 4) is 16.9 Å². The summed E-state index contributed by atoms with van der Waals surface area (Å²) >= 11 is 0. The minimum Gasteiger partial charge on any atom is -0.507 e. The molecular weight excluding hydrogens is 264 g/mol. The van der Waals surface area contributed by atoms with Crippen LogP contribution in [0.2, 0.25) is 0 Å². The van der Waals surface area contributed by atoms with E-state index in [2.05, 4.69) is 22.9 Å². The summed E-state index contributed by atoms with van der Waals surface area (Å²) in [6.07, 6.45) is 1.84. The molecule has 0 aliphatic carbocycles. The van der Waals surface area contributed by atoms with Crippen LogP contribution in [0.3, 0.4) is 0 Å². The van der Waals surface area contributed by atoms with Crippen molar-refractivity contribution in [1.29, 1.82) is 0 Å². The second-order valence-electron chi connectivity index (χ2n) is 5.48. The Hall–Kier alpha value is -2.07. The molecule has 1 fully saturated rings. The number of aromatic hydroxyl groups is 1. The molecule has 1 saturated heterocycles. The van der Waals surface area contributed by atoms with Gasteiger partial charge >= 0.3 is 0 Å². The molecule has 0 spiro atoms. The third-order valence-electron chi connectivity index (χ3n) is 3.82. The molecule has 1 aliphatic heterocycles. The molecule has 1 N–H and O–H groups in total. The molecule has 110 valence electrons. The van der Waals surface area contributed by atoms with Crippen LogP contribution < -0.4 is 4.90 Å². The Balaban J connectivity index is 1.95. The predicted octanol–water partition coefficient (Wildman–Crippen LogP) is 2.91. The van der Waals surface area contributed by atoms with Crippen molar-refractivity contribution in [3.63, 3.8) is 0 Å². The van der Waals surface area contributed by atoms with E-state index in [4.69, 9.17) is 4.74 Å². The first-order valence-corrected chi connectivity index (χ1v) is 7.24. The average molecular weight is 284 g/mol. The lowest BCUT2D eigenvalue weighted by Gasteiger charge is -2.29. The van der Waals surface area contributed by atoms with E-state index >= 15 is 0 Å². The zero-order valence-corrected chi connectivity index (χ0v) is 12.5. The van der Waals surface area contributed by atoms with Crippen molar-refractivity contribution < 1.29 is 9.84 Å². The molecule has 2 aromatic rings. The summed E-state index contributed by atoms with van der Waals surface area (Å²) in [5.41, 5.74) is 4.03. The van der Waals surface area contributed by atoms with Crippen molar-refractivity contribution in [1.82, 2.24) is 4.98 Å². The van der Waals surface area contributed by atoms with Crippen LogP contribution in [-0.2, 0) is 4.74 Å².